The summed E-state index contributed by atoms with van der Waals surface area (Å²) in [5.74, 6) is 3.25. The molecule has 0 saturated carbocycles. The number of rotatable bonds is 8. The molecule has 0 amide bonds. The molecule has 2 heterocycles. The highest BCUT2D eigenvalue weighted by atomic mass is 32.1. The van der Waals surface area contributed by atoms with E-state index in [0.29, 0.717) is 23.9 Å². The molecule has 142 valence electrons. The summed E-state index contributed by atoms with van der Waals surface area (Å²) in [6.45, 7) is 5.99. The molecule has 27 heavy (non-hydrogen) atoms. The van der Waals surface area contributed by atoms with Gasteiger partial charge in [0.05, 0.1) is 13.3 Å². The van der Waals surface area contributed by atoms with Gasteiger partial charge in [0.15, 0.2) is 0 Å². The fourth-order valence-corrected chi connectivity index (χ4v) is 2.91. The molecule has 0 aliphatic rings. The number of aromatic amines is 1. The van der Waals surface area contributed by atoms with Gasteiger partial charge in [0.1, 0.15) is 23.1 Å². The molecule has 0 bridgehead atoms. The van der Waals surface area contributed by atoms with E-state index in [9.17, 15) is 0 Å². The monoisotopic (exact) mass is 384 g/mol. The zero-order valence-corrected chi connectivity index (χ0v) is 16.6. The maximum atomic E-state index is 5.52. The number of H-pyrrole nitrogens is 1. The summed E-state index contributed by atoms with van der Waals surface area (Å²) in [5.41, 5.74) is 1.21. The number of hydrogen-bond acceptors (Lipinski definition) is 5. The highest BCUT2D eigenvalue weighted by Crippen LogP contribution is 2.14. The molecular weight excluding hydrogens is 360 g/mol. The van der Waals surface area contributed by atoms with Gasteiger partial charge in [-0.15, -0.1) is 0 Å². The summed E-state index contributed by atoms with van der Waals surface area (Å²) in [6.07, 6.45) is 3.73. The second kappa shape index (κ2) is 8.83. The Labute approximate surface area is 164 Å². The lowest BCUT2D eigenvalue weighted by atomic mass is 10.2. The van der Waals surface area contributed by atoms with E-state index < -0.39 is 0 Å². The van der Waals surface area contributed by atoms with E-state index in [2.05, 4.69) is 27.1 Å². The van der Waals surface area contributed by atoms with Crippen LogP contribution < -0.4 is 4.74 Å². The largest absolute Gasteiger partial charge is 0.494 e. The number of aryl methyl sites for hydroxylation is 1. The van der Waals surface area contributed by atoms with Crippen molar-refractivity contribution >= 4 is 24.4 Å². The van der Waals surface area contributed by atoms with Crippen molar-refractivity contribution in [3.63, 3.8) is 0 Å². The average molecular weight is 385 g/mol. The number of nitrogens with zero attached hydrogens (tertiary/aromatic N) is 3. The van der Waals surface area contributed by atoms with Crippen LogP contribution >= 0.6 is 12.2 Å². The predicted molar refractivity (Wildman–Crippen MR) is 109 cm³/mol. The number of furan rings is 1. The summed E-state index contributed by atoms with van der Waals surface area (Å²) in [4.78, 5) is 6.53. The van der Waals surface area contributed by atoms with Crippen molar-refractivity contribution in [3.05, 3.63) is 64.1 Å². The molecule has 3 aromatic rings. The van der Waals surface area contributed by atoms with Crippen LogP contribution in [0.25, 0.3) is 12.2 Å². The molecule has 0 atom stereocenters. The van der Waals surface area contributed by atoms with Gasteiger partial charge in [0.2, 0.25) is 4.77 Å². The topological polar surface area (TPSA) is 59.2 Å². The highest BCUT2D eigenvalue weighted by Gasteiger charge is 2.05. The molecule has 0 fully saturated rings. The van der Waals surface area contributed by atoms with Crippen molar-refractivity contribution in [2.45, 2.75) is 27.1 Å². The van der Waals surface area contributed by atoms with E-state index in [1.807, 2.05) is 62.0 Å². The molecule has 7 heteroatoms. The standard InChI is InChI=1S/C20H24N4O2S/c1-4-25-17-9-6-16(7-10-17)13-23(3)14-24-20(27)21-19(22-24)12-11-18-8-5-15(2)26-18/h5-12H,4,13-14H2,1-3H3,(H,21,22,27)/b12-11+. The van der Waals surface area contributed by atoms with Crippen LogP contribution in [0.15, 0.2) is 40.8 Å². The van der Waals surface area contributed by atoms with Gasteiger partial charge in [-0.25, -0.2) is 4.68 Å². The molecule has 1 aromatic carbocycles. The molecule has 2 aromatic heterocycles. The maximum Gasteiger partial charge on any atom is 0.217 e. The fraction of sp³-hybridized carbons (Fsp3) is 0.300. The van der Waals surface area contributed by atoms with Crippen LogP contribution in [-0.2, 0) is 13.2 Å². The first-order valence-electron chi connectivity index (χ1n) is 8.85. The van der Waals surface area contributed by atoms with Gasteiger partial charge in [0.25, 0.3) is 0 Å². The van der Waals surface area contributed by atoms with Crippen LogP contribution in [0.2, 0.25) is 0 Å². The van der Waals surface area contributed by atoms with Crippen LogP contribution in [0.4, 0.5) is 0 Å². The minimum atomic E-state index is 0.517. The van der Waals surface area contributed by atoms with Crippen molar-refractivity contribution in [1.82, 2.24) is 19.7 Å². The van der Waals surface area contributed by atoms with Gasteiger partial charge in [-0.1, -0.05) is 12.1 Å². The molecule has 3 rings (SSSR count). The zero-order chi connectivity index (χ0) is 19.2. The van der Waals surface area contributed by atoms with Crippen LogP contribution in [0, 0.1) is 11.7 Å². The average Bonchev–Trinajstić information content (AvgIpc) is 3.20. The van der Waals surface area contributed by atoms with Crippen molar-refractivity contribution < 1.29 is 9.15 Å². The van der Waals surface area contributed by atoms with Gasteiger partial charge in [0, 0.05) is 6.54 Å². The van der Waals surface area contributed by atoms with Gasteiger partial charge >= 0.3 is 0 Å². The quantitative estimate of drug-likeness (QED) is 0.580. The fourth-order valence-electron chi connectivity index (χ4n) is 2.71. The molecule has 0 spiro atoms. The first kappa shape index (κ1) is 19.1. The number of aromatic nitrogens is 3. The summed E-state index contributed by atoms with van der Waals surface area (Å²) >= 11 is 5.36. The number of nitrogens with one attached hydrogen (secondary N) is 1. The first-order valence-corrected chi connectivity index (χ1v) is 9.26. The summed E-state index contributed by atoms with van der Waals surface area (Å²) < 4.78 is 13.4. The SMILES string of the molecule is CCOc1ccc(CN(C)Cn2[nH]c(/C=C/c3ccc(C)o3)nc2=S)cc1. The third-order valence-corrected chi connectivity index (χ3v) is 4.24. The molecule has 1 N–H and O–H groups in total. The minimum absolute atomic E-state index is 0.517. The van der Waals surface area contributed by atoms with Gasteiger partial charge in [-0.3, -0.25) is 10.00 Å². The van der Waals surface area contributed by atoms with Gasteiger partial charge < -0.3 is 9.15 Å². The summed E-state index contributed by atoms with van der Waals surface area (Å²) in [5, 5.41) is 3.21. The Kier molecular flexibility index (Phi) is 6.26. The van der Waals surface area contributed by atoms with E-state index >= 15 is 0 Å². The maximum absolute atomic E-state index is 5.52. The smallest absolute Gasteiger partial charge is 0.217 e. The third kappa shape index (κ3) is 5.42. The van der Waals surface area contributed by atoms with E-state index in [1.54, 1.807) is 0 Å². The number of ether oxygens (including phenoxy) is 1. The van der Waals surface area contributed by atoms with Crippen molar-refractivity contribution in [2.75, 3.05) is 13.7 Å². The number of benzene rings is 1. The Bertz CT molecular complexity index is 953. The van der Waals surface area contributed by atoms with Crippen LogP contribution in [0.5, 0.6) is 5.75 Å². The zero-order valence-electron chi connectivity index (χ0n) is 15.8. The summed E-state index contributed by atoms with van der Waals surface area (Å²) in [7, 11) is 2.04. The Hall–Kier alpha value is -2.64. The van der Waals surface area contributed by atoms with Crippen molar-refractivity contribution in [3.8, 4) is 5.75 Å². The van der Waals surface area contributed by atoms with E-state index in [-0.39, 0.29) is 0 Å². The van der Waals surface area contributed by atoms with E-state index in [1.165, 1.54) is 5.56 Å². The second-order valence-electron chi connectivity index (χ2n) is 6.33. The molecule has 0 radical (unpaired) electrons. The second-order valence-corrected chi connectivity index (χ2v) is 6.70. The number of hydrogen-bond donors (Lipinski definition) is 1. The molecular formula is C20H24N4O2S. The van der Waals surface area contributed by atoms with Crippen LogP contribution in [0.1, 0.15) is 29.8 Å². The first-order chi connectivity index (χ1) is 13.0. The Morgan fingerprint density at radius 2 is 2.00 bits per heavy atom. The lowest BCUT2D eigenvalue weighted by Gasteiger charge is -2.17. The van der Waals surface area contributed by atoms with Crippen molar-refractivity contribution in [1.29, 1.82) is 0 Å². The Morgan fingerprint density at radius 1 is 1.22 bits per heavy atom. The lowest BCUT2D eigenvalue weighted by molar-refractivity contribution is 0.244. The Balaban J connectivity index is 1.60. The van der Waals surface area contributed by atoms with E-state index in [4.69, 9.17) is 21.4 Å². The van der Waals surface area contributed by atoms with Gasteiger partial charge in [-0.05, 0) is 75.1 Å². The molecule has 0 unspecified atom stereocenters. The normalized spacial score (nSPS) is 11.6. The van der Waals surface area contributed by atoms with Crippen LogP contribution in [0.3, 0.4) is 0 Å². The van der Waals surface area contributed by atoms with Gasteiger partial charge in [-0.2, -0.15) is 4.98 Å². The molecule has 0 aliphatic heterocycles. The molecule has 0 aliphatic carbocycles. The molecule has 0 saturated heterocycles. The Morgan fingerprint density at radius 3 is 2.67 bits per heavy atom. The van der Waals surface area contributed by atoms with Crippen LogP contribution in [-0.4, -0.2) is 33.3 Å². The minimum Gasteiger partial charge on any atom is -0.494 e. The van der Waals surface area contributed by atoms with Crippen molar-refractivity contribution in [2.24, 2.45) is 0 Å². The predicted octanol–water partition coefficient (Wildman–Crippen LogP) is 4.50. The summed E-state index contributed by atoms with van der Waals surface area (Å²) in [6, 6.07) is 12.0. The highest BCUT2D eigenvalue weighted by molar-refractivity contribution is 7.71. The third-order valence-electron chi connectivity index (χ3n) is 3.93. The molecule has 6 nitrogen and oxygen atoms in total. The van der Waals surface area contributed by atoms with E-state index in [0.717, 1.165) is 23.8 Å². The lowest BCUT2D eigenvalue weighted by Crippen LogP contribution is -2.22.